The number of hydrogen-bond acceptors (Lipinski definition) is 4. The number of amides is 2. The van der Waals surface area contributed by atoms with Crippen molar-refractivity contribution in [1.82, 2.24) is 14.7 Å². The zero-order valence-electron chi connectivity index (χ0n) is 17.5. The monoisotopic (exact) mass is 418 g/mol. The first-order chi connectivity index (χ1) is 15.0. The Morgan fingerprint density at radius 1 is 1.19 bits per heavy atom. The predicted octanol–water partition coefficient (Wildman–Crippen LogP) is 2.96. The molecule has 0 unspecified atom stereocenters. The number of carbonyl (C=O) groups excluding carboxylic acids is 2. The standard InChI is InChI=1S/C24H26N4O3/c1-17-5-2-6-18(11-17)12-23(30)26-20-14-25-28(15-20)21-8-3-7-19(13-21)24(31)27-10-4-9-22(27)16-29/h2-3,5-8,11,13-15,22,29H,4,9-10,12,16H2,1H3,(H,26,30)/t22-/m0/s1. The van der Waals surface area contributed by atoms with Crippen molar-refractivity contribution in [2.45, 2.75) is 32.2 Å². The summed E-state index contributed by atoms with van der Waals surface area (Å²) in [6, 6.07) is 15.0. The van der Waals surface area contributed by atoms with Gasteiger partial charge in [0.25, 0.3) is 5.91 Å². The van der Waals surface area contributed by atoms with E-state index in [1.54, 1.807) is 34.1 Å². The number of carbonyl (C=O) groups is 2. The molecule has 0 bridgehead atoms. The van der Waals surface area contributed by atoms with E-state index in [-0.39, 0.29) is 24.5 Å². The Bertz CT molecular complexity index is 1090. The van der Waals surface area contributed by atoms with Gasteiger partial charge in [0.1, 0.15) is 0 Å². The lowest BCUT2D eigenvalue weighted by Crippen LogP contribution is -2.37. The second-order valence-corrected chi connectivity index (χ2v) is 7.92. The second-order valence-electron chi connectivity index (χ2n) is 7.92. The second kappa shape index (κ2) is 9.14. The molecule has 1 aromatic heterocycles. The first-order valence-electron chi connectivity index (χ1n) is 10.5. The van der Waals surface area contributed by atoms with E-state index in [0.717, 1.165) is 29.7 Å². The van der Waals surface area contributed by atoms with Crippen LogP contribution in [-0.2, 0) is 11.2 Å². The van der Waals surface area contributed by atoms with Gasteiger partial charge in [-0.05, 0) is 43.5 Å². The van der Waals surface area contributed by atoms with Gasteiger partial charge >= 0.3 is 0 Å². The molecule has 1 aliphatic heterocycles. The molecule has 7 nitrogen and oxygen atoms in total. The maximum Gasteiger partial charge on any atom is 0.254 e. The number of likely N-dealkylation sites (tertiary alicyclic amines) is 1. The van der Waals surface area contributed by atoms with Gasteiger partial charge in [0, 0.05) is 12.1 Å². The van der Waals surface area contributed by atoms with Crippen LogP contribution in [0.15, 0.2) is 60.9 Å². The Morgan fingerprint density at radius 3 is 2.84 bits per heavy atom. The van der Waals surface area contributed by atoms with Gasteiger partial charge in [0.15, 0.2) is 0 Å². The smallest absolute Gasteiger partial charge is 0.254 e. The van der Waals surface area contributed by atoms with Crippen molar-refractivity contribution >= 4 is 17.5 Å². The van der Waals surface area contributed by atoms with Crippen molar-refractivity contribution in [2.75, 3.05) is 18.5 Å². The fraction of sp³-hybridized carbons (Fsp3) is 0.292. The minimum Gasteiger partial charge on any atom is -0.394 e. The lowest BCUT2D eigenvalue weighted by atomic mass is 10.1. The Labute approximate surface area is 181 Å². The van der Waals surface area contributed by atoms with Crippen LogP contribution in [0, 0.1) is 6.92 Å². The summed E-state index contributed by atoms with van der Waals surface area (Å²) in [6.45, 7) is 2.64. The summed E-state index contributed by atoms with van der Waals surface area (Å²) in [5.74, 6) is -0.199. The van der Waals surface area contributed by atoms with E-state index in [0.29, 0.717) is 24.2 Å². The maximum atomic E-state index is 12.9. The van der Waals surface area contributed by atoms with Crippen LogP contribution in [-0.4, -0.2) is 50.8 Å². The van der Waals surface area contributed by atoms with Gasteiger partial charge in [-0.1, -0.05) is 35.9 Å². The van der Waals surface area contributed by atoms with Gasteiger partial charge in [-0.2, -0.15) is 5.10 Å². The van der Waals surface area contributed by atoms with Crippen molar-refractivity contribution in [2.24, 2.45) is 0 Å². The van der Waals surface area contributed by atoms with Crippen molar-refractivity contribution in [3.8, 4) is 5.69 Å². The number of rotatable bonds is 6. The van der Waals surface area contributed by atoms with Crippen molar-refractivity contribution < 1.29 is 14.7 Å². The molecule has 2 heterocycles. The van der Waals surface area contributed by atoms with E-state index in [2.05, 4.69) is 10.4 Å². The van der Waals surface area contributed by atoms with Gasteiger partial charge in [0.2, 0.25) is 5.91 Å². The highest BCUT2D eigenvalue weighted by Gasteiger charge is 2.28. The minimum atomic E-state index is -0.115. The number of aliphatic hydroxyl groups excluding tert-OH is 1. The molecule has 1 saturated heterocycles. The number of aromatic nitrogens is 2. The predicted molar refractivity (Wildman–Crippen MR) is 118 cm³/mol. The van der Waals surface area contributed by atoms with E-state index < -0.39 is 0 Å². The van der Waals surface area contributed by atoms with E-state index in [1.165, 1.54) is 0 Å². The molecule has 160 valence electrons. The van der Waals surface area contributed by atoms with E-state index >= 15 is 0 Å². The van der Waals surface area contributed by atoms with Crippen molar-refractivity contribution in [3.05, 3.63) is 77.6 Å². The first kappa shape index (κ1) is 20.8. The Kier molecular flexibility index (Phi) is 6.13. The summed E-state index contributed by atoms with van der Waals surface area (Å²) >= 11 is 0. The molecule has 1 aliphatic rings. The lowest BCUT2D eigenvalue weighted by molar-refractivity contribution is -0.115. The number of anilines is 1. The van der Waals surface area contributed by atoms with Gasteiger partial charge in [-0.15, -0.1) is 0 Å². The molecule has 1 fully saturated rings. The van der Waals surface area contributed by atoms with Gasteiger partial charge in [0.05, 0.1) is 42.8 Å². The zero-order chi connectivity index (χ0) is 21.8. The van der Waals surface area contributed by atoms with E-state index in [9.17, 15) is 14.7 Å². The Morgan fingerprint density at radius 2 is 2.03 bits per heavy atom. The maximum absolute atomic E-state index is 12.9. The number of nitrogens with one attached hydrogen (secondary N) is 1. The third kappa shape index (κ3) is 4.83. The molecule has 3 aromatic rings. The zero-order valence-corrected chi connectivity index (χ0v) is 17.5. The number of aryl methyl sites for hydroxylation is 1. The molecule has 2 amide bonds. The number of benzene rings is 2. The molecule has 31 heavy (non-hydrogen) atoms. The topological polar surface area (TPSA) is 87.5 Å². The Balaban J connectivity index is 1.44. The molecule has 2 N–H and O–H groups in total. The summed E-state index contributed by atoms with van der Waals surface area (Å²) in [5, 5.41) is 16.7. The summed E-state index contributed by atoms with van der Waals surface area (Å²) in [4.78, 5) is 27.0. The number of nitrogens with zero attached hydrogens (tertiary/aromatic N) is 3. The minimum absolute atomic E-state index is 0.0177. The Hall–Kier alpha value is -3.45. The molecular formula is C24H26N4O3. The third-order valence-electron chi connectivity index (χ3n) is 5.52. The average Bonchev–Trinajstić information content (AvgIpc) is 3.42. The SMILES string of the molecule is Cc1cccc(CC(=O)Nc2cnn(-c3cccc(C(=O)N4CCC[C@H]4CO)c3)c2)c1. The van der Waals surface area contributed by atoms with Crippen LogP contribution in [0.5, 0.6) is 0 Å². The van der Waals surface area contributed by atoms with Crippen LogP contribution in [0.1, 0.15) is 34.3 Å². The van der Waals surface area contributed by atoms with Crippen LogP contribution in [0.2, 0.25) is 0 Å². The molecule has 1 atom stereocenters. The summed E-state index contributed by atoms with van der Waals surface area (Å²) in [6.07, 6.45) is 5.34. The van der Waals surface area contributed by atoms with Crippen LogP contribution < -0.4 is 5.32 Å². The molecule has 0 radical (unpaired) electrons. The highest BCUT2D eigenvalue weighted by atomic mass is 16.3. The molecule has 7 heteroatoms. The molecule has 0 aliphatic carbocycles. The van der Waals surface area contributed by atoms with E-state index in [4.69, 9.17) is 0 Å². The van der Waals surface area contributed by atoms with Crippen LogP contribution in [0.25, 0.3) is 5.69 Å². The summed E-state index contributed by atoms with van der Waals surface area (Å²) in [7, 11) is 0. The summed E-state index contributed by atoms with van der Waals surface area (Å²) < 4.78 is 1.63. The molecule has 0 spiro atoms. The molecule has 2 aromatic carbocycles. The van der Waals surface area contributed by atoms with Crippen molar-refractivity contribution in [1.29, 1.82) is 0 Å². The third-order valence-corrected chi connectivity index (χ3v) is 5.52. The van der Waals surface area contributed by atoms with Crippen LogP contribution >= 0.6 is 0 Å². The average molecular weight is 418 g/mol. The normalized spacial score (nSPS) is 15.8. The summed E-state index contributed by atoms with van der Waals surface area (Å²) in [5.41, 5.74) is 3.95. The molecular weight excluding hydrogens is 392 g/mol. The highest BCUT2D eigenvalue weighted by Crippen LogP contribution is 2.21. The largest absolute Gasteiger partial charge is 0.394 e. The number of hydrogen-bond donors (Lipinski definition) is 2. The fourth-order valence-electron chi connectivity index (χ4n) is 3.98. The quantitative estimate of drug-likeness (QED) is 0.644. The highest BCUT2D eigenvalue weighted by molar-refractivity contribution is 5.95. The van der Waals surface area contributed by atoms with Crippen molar-refractivity contribution in [3.63, 3.8) is 0 Å². The molecule has 4 rings (SSSR count). The van der Waals surface area contributed by atoms with E-state index in [1.807, 2.05) is 43.3 Å². The lowest BCUT2D eigenvalue weighted by Gasteiger charge is -2.23. The van der Waals surface area contributed by atoms with Gasteiger partial charge in [-0.3, -0.25) is 9.59 Å². The van der Waals surface area contributed by atoms with Gasteiger partial charge in [-0.25, -0.2) is 4.68 Å². The first-order valence-corrected chi connectivity index (χ1v) is 10.5. The van der Waals surface area contributed by atoms with Crippen LogP contribution in [0.3, 0.4) is 0 Å². The fourth-order valence-corrected chi connectivity index (χ4v) is 3.98. The van der Waals surface area contributed by atoms with Crippen LogP contribution in [0.4, 0.5) is 5.69 Å². The molecule has 0 saturated carbocycles. The number of aliphatic hydroxyl groups is 1. The van der Waals surface area contributed by atoms with Gasteiger partial charge < -0.3 is 15.3 Å².